The molecule has 0 aliphatic carbocycles. The van der Waals surface area contributed by atoms with Crippen molar-refractivity contribution in [2.45, 2.75) is 44.4 Å². The van der Waals surface area contributed by atoms with Gasteiger partial charge in [-0.1, -0.05) is 24.2 Å². The van der Waals surface area contributed by atoms with Crippen LogP contribution in [0, 0.1) is 18.3 Å². The predicted octanol–water partition coefficient (Wildman–Crippen LogP) is 4.27. The molecular weight excluding hydrogens is 611 g/mol. The summed E-state index contributed by atoms with van der Waals surface area (Å²) in [5.41, 5.74) is 0.153. The van der Waals surface area contributed by atoms with E-state index in [1.54, 1.807) is 30.1 Å². The number of aryl methyl sites for hydroxylation is 1. The van der Waals surface area contributed by atoms with Crippen LogP contribution in [0.1, 0.15) is 30.5 Å². The number of hydrogen-bond acceptors (Lipinski definition) is 7. The number of nitrogens with zero attached hydrogens (tertiary/aromatic N) is 7. The first-order chi connectivity index (χ1) is 21.3. The van der Waals surface area contributed by atoms with E-state index >= 15 is 0 Å². The van der Waals surface area contributed by atoms with Gasteiger partial charge in [0.2, 0.25) is 17.7 Å². The second-order valence-electron chi connectivity index (χ2n) is 11.2. The summed E-state index contributed by atoms with van der Waals surface area (Å²) in [7, 11) is 3.37. The molecule has 2 atom stereocenters. The van der Waals surface area contributed by atoms with E-state index in [-0.39, 0.29) is 42.7 Å². The fourth-order valence-electron chi connectivity index (χ4n) is 5.85. The van der Waals surface area contributed by atoms with Crippen LogP contribution >= 0.6 is 11.6 Å². The Kier molecular flexibility index (Phi) is 10.4. The fraction of sp³-hybridized carbons (Fsp3) is 0.452. The van der Waals surface area contributed by atoms with E-state index in [1.165, 1.54) is 17.9 Å². The molecule has 2 aromatic rings. The summed E-state index contributed by atoms with van der Waals surface area (Å²) in [4.78, 5) is 51.3. The van der Waals surface area contributed by atoms with Crippen LogP contribution in [0.4, 0.5) is 30.4 Å². The highest BCUT2D eigenvalue weighted by molar-refractivity contribution is 6.34. The van der Waals surface area contributed by atoms with E-state index in [2.05, 4.69) is 22.5 Å². The first-order valence-corrected chi connectivity index (χ1v) is 14.8. The molecule has 0 radical (unpaired) electrons. The number of benzene rings is 1. The quantitative estimate of drug-likeness (QED) is 0.375. The predicted molar refractivity (Wildman–Crippen MR) is 165 cm³/mol. The SMILES string of the molecule is C=CC(=O)N1CCN(CCN(C)c2c(Cl)cccc2N(C)C(=O)C2CCC(=O)N2c2cc(C(F)(F)F)cc(C)n2)CC1CC#N. The van der Waals surface area contributed by atoms with Crippen molar-refractivity contribution in [1.29, 1.82) is 5.26 Å². The van der Waals surface area contributed by atoms with Crippen molar-refractivity contribution in [3.8, 4) is 6.07 Å². The lowest BCUT2D eigenvalue weighted by atomic mass is 10.1. The number of pyridine rings is 1. The van der Waals surface area contributed by atoms with Gasteiger partial charge in [-0.05, 0) is 43.7 Å². The van der Waals surface area contributed by atoms with E-state index in [4.69, 9.17) is 11.6 Å². The van der Waals surface area contributed by atoms with Gasteiger partial charge in [-0.15, -0.1) is 0 Å². The minimum atomic E-state index is -4.64. The monoisotopic (exact) mass is 645 g/mol. The normalized spacial score (nSPS) is 18.9. The second kappa shape index (κ2) is 13.9. The number of likely N-dealkylation sites (N-methyl/N-ethyl adjacent to an activating group) is 2. The van der Waals surface area contributed by atoms with Crippen LogP contribution in [0.25, 0.3) is 0 Å². The number of anilines is 3. The van der Waals surface area contributed by atoms with Gasteiger partial charge in [0.05, 0.1) is 40.5 Å². The van der Waals surface area contributed by atoms with Gasteiger partial charge in [-0.3, -0.25) is 24.2 Å². The number of rotatable bonds is 9. The van der Waals surface area contributed by atoms with Crippen molar-refractivity contribution in [1.82, 2.24) is 14.8 Å². The molecule has 240 valence electrons. The molecule has 10 nitrogen and oxygen atoms in total. The maximum Gasteiger partial charge on any atom is 0.416 e. The minimum Gasteiger partial charge on any atom is -0.370 e. The molecule has 0 N–H and O–H groups in total. The average molecular weight is 646 g/mol. The van der Waals surface area contributed by atoms with Gasteiger partial charge in [-0.25, -0.2) is 4.98 Å². The van der Waals surface area contributed by atoms with Gasteiger partial charge in [0.25, 0.3) is 0 Å². The first kappa shape index (κ1) is 33.7. The zero-order valence-electron chi connectivity index (χ0n) is 25.3. The largest absolute Gasteiger partial charge is 0.416 e. The van der Waals surface area contributed by atoms with Crippen LogP contribution in [0.5, 0.6) is 0 Å². The third kappa shape index (κ3) is 7.40. The fourth-order valence-corrected chi connectivity index (χ4v) is 6.17. The molecule has 2 aliphatic heterocycles. The molecule has 45 heavy (non-hydrogen) atoms. The lowest BCUT2D eigenvalue weighted by Gasteiger charge is -2.41. The second-order valence-corrected chi connectivity index (χ2v) is 11.6. The Hall–Kier alpha value is -4.15. The Balaban J connectivity index is 1.53. The Morgan fingerprint density at radius 1 is 1.24 bits per heavy atom. The Labute approximate surface area is 265 Å². The Morgan fingerprint density at radius 2 is 1.98 bits per heavy atom. The van der Waals surface area contributed by atoms with Crippen LogP contribution in [0.3, 0.4) is 0 Å². The number of carbonyl (C=O) groups is 3. The van der Waals surface area contributed by atoms with E-state index in [0.29, 0.717) is 49.1 Å². The average Bonchev–Trinajstić information content (AvgIpc) is 3.39. The summed E-state index contributed by atoms with van der Waals surface area (Å²) in [6.45, 7) is 7.63. The van der Waals surface area contributed by atoms with Crippen LogP contribution in [-0.2, 0) is 20.6 Å². The molecule has 2 aliphatic rings. The van der Waals surface area contributed by atoms with Crippen molar-refractivity contribution >= 4 is 46.5 Å². The number of hydrogen-bond donors (Lipinski definition) is 0. The van der Waals surface area contributed by atoms with Crippen LogP contribution in [0.15, 0.2) is 43.0 Å². The van der Waals surface area contributed by atoms with Crippen LogP contribution < -0.4 is 14.7 Å². The van der Waals surface area contributed by atoms with Crippen molar-refractivity contribution in [2.24, 2.45) is 0 Å². The summed E-state index contributed by atoms with van der Waals surface area (Å²) in [5, 5.41) is 9.66. The summed E-state index contributed by atoms with van der Waals surface area (Å²) in [6, 6.07) is 7.62. The molecule has 0 spiro atoms. The summed E-state index contributed by atoms with van der Waals surface area (Å²) < 4.78 is 40.6. The van der Waals surface area contributed by atoms with Gasteiger partial charge < -0.3 is 14.7 Å². The highest BCUT2D eigenvalue weighted by Gasteiger charge is 2.41. The van der Waals surface area contributed by atoms with E-state index in [0.717, 1.165) is 17.0 Å². The number of amides is 3. The Morgan fingerprint density at radius 3 is 2.64 bits per heavy atom. The Bertz CT molecular complexity index is 1510. The first-order valence-electron chi connectivity index (χ1n) is 14.4. The molecule has 3 amide bonds. The maximum atomic E-state index is 13.9. The zero-order valence-corrected chi connectivity index (χ0v) is 26.1. The van der Waals surface area contributed by atoms with Gasteiger partial charge >= 0.3 is 6.18 Å². The number of piperazine rings is 1. The molecule has 14 heteroatoms. The molecule has 2 unspecified atom stereocenters. The molecule has 0 bridgehead atoms. The summed E-state index contributed by atoms with van der Waals surface area (Å²) >= 11 is 6.65. The van der Waals surface area contributed by atoms with E-state index in [9.17, 15) is 32.8 Å². The van der Waals surface area contributed by atoms with Crippen LogP contribution in [0.2, 0.25) is 5.02 Å². The van der Waals surface area contributed by atoms with Crippen molar-refractivity contribution < 1.29 is 27.6 Å². The molecule has 0 saturated carbocycles. The molecule has 2 saturated heterocycles. The standard InChI is InChI=1S/C31H35ClF3N7O3/c1-5-27(43)41-16-15-40(19-22(41)11-12-36)14-13-38(3)29-23(32)7-6-8-24(29)39(4)30(45)25-9-10-28(44)42(25)26-18-21(31(33,34)35)17-20(2)37-26/h5-8,17-18,22,25H,1,9-11,13-16,19H2,2-4H3. The lowest BCUT2D eigenvalue weighted by molar-refractivity contribution is -0.137. The van der Waals surface area contributed by atoms with Crippen molar-refractivity contribution in [3.63, 3.8) is 0 Å². The number of halogens is 4. The lowest BCUT2D eigenvalue weighted by Crippen LogP contribution is -2.55. The van der Waals surface area contributed by atoms with E-state index < -0.39 is 29.6 Å². The number of alkyl halides is 3. The van der Waals surface area contributed by atoms with Crippen molar-refractivity contribution in [3.05, 3.63) is 59.3 Å². The summed E-state index contributed by atoms with van der Waals surface area (Å²) in [6.07, 6.45) is -3.09. The molecule has 1 aromatic heterocycles. The molecule has 2 fully saturated rings. The molecule has 1 aromatic carbocycles. The number of aromatic nitrogens is 1. The van der Waals surface area contributed by atoms with Gasteiger partial charge in [0, 0.05) is 58.9 Å². The highest BCUT2D eigenvalue weighted by Crippen LogP contribution is 2.38. The van der Waals surface area contributed by atoms with Crippen LogP contribution in [-0.4, -0.2) is 91.4 Å². The van der Waals surface area contributed by atoms with Gasteiger partial charge in [-0.2, -0.15) is 18.4 Å². The summed E-state index contributed by atoms with van der Waals surface area (Å²) in [5.74, 6) is -1.40. The molecule has 3 heterocycles. The number of nitriles is 1. The van der Waals surface area contributed by atoms with Crippen molar-refractivity contribution in [2.75, 3.05) is 61.5 Å². The van der Waals surface area contributed by atoms with E-state index in [1.807, 2.05) is 11.9 Å². The third-order valence-electron chi connectivity index (χ3n) is 8.15. The molecule has 4 rings (SSSR count). The minimum absolute atomic E-state index is 0.0119. The van der Waals surface area contributed by atoms with Gasteiger partial charge in [0.1, 0.15) is 11.9 Å². The number of para-hydroxylation sites is 1. The smallest absolute Gasteiger partial charge is 0.370 e. The third-order valence-corrected chi connectivity index (χ3v) is 8.46. The highest BCUT2D eigenvalue weighted by atomic mass is 35.5. The van der Waals surface area contributed by atoms with Gasteiger partial charge in [0.15, 0.2) is 0 Å². The number of carbonyl (C=O) groups excluding carboxylic acids is 3. The maximum absolute atomic E-state index is 13.9. The molecular formula is C31H35ClF3N7O3. The topological polar surface area (TPSA) is 104 Å². The zero-order chi connectivity index (χ0) is 33.1.